The fourth-order valence-electron chi connectivity index (χ4n) is 3.07. The number of nitrogens with zero attached hydrogens (tertiary/aromatic N) is 1. The first kappa shape index (κ1) is 25.9. The molecule has 0 N–H and O–H groups in total. The van der Waals surface area contributed by atoms with Gasteiger partial charge in [-0.2, -0.15) is 4.57 Å². The number of carbonyl (C=O) groups is 1. The van der Waals surface area contributed by atoms with E-state index < -0.39 is 19.6 Å². The van der Waals surface area contributed by atoms with E-state index in [0.717, 1.165) is 4.73 Å². The molecule has 0 amide bonds. The number of halogens is 2. The maximum Gasteiger partial charge on any atom is 0.648 e. The molecule has 0 unspecified atom stereocenters. The molecule has 4 rings (SSSR count). The van der Waals surface area contributed by atoms with Gasteiger partial charge in [0.25, 0.3) is 5.88 Å². The topological polar surface area (TPSA) is 85.2 Å². The third-order valence-corrected chi connectivity index (χ3v) is 6.73. The van der Waals surface area contributed by atoms with Gasteiger partial charge in [-0.05, 0) is 79.2 Å². The van der Waals surface area contributed by atoms with Gasteiger partial charge in [0.15, 0.2) is 0 Å². The van der Waals surface area contributed by atoms with E-state index in [2.05, 4.69) is 15.9 Å². The second kappa shape index (κ2) is 10.5. The molecule has 0 aliphatic carbocycles. The highest BCUT2D eigenvalue weighted by Gasteiger charge is 2.37. The summed E-state index contributed by atoms with van der Waals surface area (Å²) in [5.74, 6) is 0.326. The van der Waals surface area contributed by atoms with Crippen LogP contribution < -0.4 is 18.4 Å². The highest BCUT2D eigenvalue weighted by Crippen LogP contribution is 2.52. The van der Waals surface area contributed by atoms with Gasteiger partial charge in [0.2, 0.25) is 0 Å². The van der Waals surface area contributed by atoms with Crippen molar-refractivity contribution < 1.29 is 32.5 Å². The van der Waals surface area contributed by atoms with E-state index in [9.17, 15) is 9.36 Å². The van der Waals surface area contributed by atoms with Crippen LogP contribution in [0.25, 0.3) is 10.9 Å². The SMILES string of the molecule is CC(C)(C)OC(=O)On1c(OP(=O)(Oc2ccccc2)Oc2ccccc2)c(Br)c2cc(Cl)ccc21. The molecule has 0 aliphatic rings. The van der Waals surface area contributed by atoms with Gasteiger partial charge in [-0.15, -0.1) is 4.73 Å². The van der Waals surface area contributed by atoms with Gasteiger partial charge in [-0.25, -0.2) is 4.79 Å². The third-order valence-electron chi connectivity index (χ3n) is 4.46. The van der Waals surface area contributed by atoms with Crippen molar-refractivity contribution in [3.63, 3.8) is 0 Å². The molecule has 0 saturated heterocycles. The first-order valence-corrected chi connectivity index (χ1v) is 13.4. The van der Waals surface area contributed by atoms with Gasteiger partial charge in [-0.3, -0.25) is 4.84 Å². The Morgan fingerprint density at radius 1 is 0.889 bits per heavy atom. The van der Waals surface area contributed by atoms with Crippen molar-refractivity contribution in [2.45, 2.75) is 26.4 Å². The number of rotatable bonds is 7. The van der Waals surface area contributed by atoms with Gasteiger partial charge in [0.1, 0.15) is 17.1 Å². The smallest absolute Gasteiger partial charge is 0.427 e. The lowest BCUT2D eigenvalue weighted by Crippen LogP contribution is -2.30. The van der Waals surface area contributed by atoms with E-state index in [0.29, 0.717) is 20.4 Å². The van der Waals surface area contributed by atoms with E-state index in [1.807, 2.05) is 0 Å². The molecule has 3 aromatic carbocycles. The van der Waals surface area contributed by atoms with Crippen LogP contribution in [0.1, 0.15) is 20.8 Å². The average molecular weight is 595 g/mol. The number of ether oxygens (including phenoxy) is 1. The number of fused-ring (bicyclic) bond motifs is 1. The van der Waals surface area contributed by atoms with Gasteiger partial charge >= 0.3 is 14.0 Å². The van der Waals surface area contributed by atoms with E-state index >= 15 is 0 Å². The van der Waals surface area contributed by atoms with Crippen molar-refractivity contribution in [3.05, 3.63) is 88.4 Å². The maximum absolute atomic E-state index is 14.0. The van der Waals surface area contributed by atoms with Crippen molar-refractivity contribution in [1.82, 2.24) is 4.73 Å². The Hall–Kier alpha value is -3.13. The molecular formula is C25H22BrClNO7P. The minimum absolute atomic E-state index is 0.159. The van der Waals surface area contributed by atoms with Crippen LogP contribution >= 0.6 is 35.4 Å². The summed E-state index contributed by atoms with van der Waals surface area (Å²) in [5.41, 5.74) is -0.429. The average Bonchev–Trinajstić information content (AvgIpc) is 3.04. The highest BCUT2D eigenvalue weighted by atomic mass is 79.9. The molecule has 0 radical (unpaired) electrons. The van der Waals surface area contributed by atoms with Crippen LogP contribution in [0.2, 0.25) is 5.02 Å². The second-order valence-electron chi connectivity index (χ2n) is 8.48. The number of aromatic nitrogens is 1. The Morgan fingerprint density at radius 2 is 1.44 bits per heavy atom. The monoisotopic (exact) mass is 593 g/mol. The summed E-state index contributed by atoms with van der Waals surface area (Å²) in [6.45, 7) is 5.10. The van der Waals surface area contributed by atoms with Crippen molar-refractivity contribution in [2.75, 3.05) is 0 Å². The normalized spacial score (nSPS) is 11.7. The van der Waals surface area contributed by atoms with Crippen LogP contribution in [-0.4, -0.2) is 16.5 Å². The molecule has 1 heterocycles. The molecule has 36 heavy (non-hydrogen) atoms. The molecule has 0 saturated carbocycles. The largest absolute Gasteiger partial charge is 0.648 e. The number of carbonyl (C=O) groups excluding carboxylic acids is 1. The van der Waals surface area contributed by atoms with Crippen LogP contribution in [-0.2, 0) is 9.30 Å². The molecule has 1 aromatic heterocycles. The van der Waals surface area contributed by atoms with Gasteiger partial charge < -0.3 is 18.3 Å². The predicted molar refractivity (Wildman–Crippen MR) is 140 cm³/mol. The zero-order chi connectivity index (χ0) is 25.9. The number of hydrogen-bond acceptors (Lipinski definition) is 7. The van der Waals surface area contributed by atoms with Crippen LogP contribution in [0.5, 0.6) is 17.4 Å². The summed E-state index contributed by atoms with van der Waals surface area (Å²) in [7, 11) is -4.41. The molecule has 188 valence electrons. The molecule has 11 heteroatoms. The first-order valence-electron chi connectivity index (χ1n) is 10.7. The van der Waals surface area contributed by atoms with Gasteiger partial charge in [-0.1, -0.05) is 48.0 Å². The fraction of sp³-hybridized carbons (Fsp3) is 0.160. The second-order valence-corrected chi connectivity index (χ2v) is 11.1. The minimum Gasteiger partial charge on any atom is -0.427 e. The minimum atomic E-state index is -4.41. The van der Waals surface area contributed by atoms with Crippen molar-refractivity contribution in [3.8, 4) is 17.4 Å². The molecule has 0 aliphatic heterocycles. The molecule has 0 bridgehead atoms. The summed E-state index contributed by atoms with van der Waals surface area (Å²) < 4.78 is 37.9. The van der Waals surface area contributed by atoms with E-state index in [-0.39, 0.29) is 17.4 Å². The van der Waals surface area contributed by atoms with Crippen LogP contribution in [0.3, 0.4) is 0 Å². The summed E-state index contributed by atoms with van der Waals surface area (Å²) >= 11 is 9.63. The standard InChI is InChI=1S/C25H22BrClNO7P/c1-25(2,3)31-24(29)32-28-21-15-14-17(27)16-20(21)22(26)23(28)35-36(30,33-18-10-6-4-7-11-18)34-19-12-8-5-9-13-19/h4-16H,1-3H3. The summed E-state index contributed by atoms with van der Waals surface area (Å²) in [6, 6.07) is 21.7. The van der Waals surface area contributed by atoms with Gasteiger partial charge in [0.05, 0.1) is 9.99 Å². The van der Waals surface area contributed by atoms with E-state index in [4.69, 9.17) is 34.7 Å². The Labute approximate surface area is 221 Å². The lowest BCUT2D eigenvalue weighted by molar-refractivity contribution is -0.0111. The quantitative estimate of drug-likeness (QED) is 0.158. The zero-order valence-electron chi connectivity index (χ0n) is 19.5. The van der Waals surface area contributed by atoms with Crippen molar-refractivity contribution in [2.24, 2.45) is 0 Å². The highest BCUT2D eigenvalue weighted by molar-refractivity contribution is 9.10. The third kappa shape index (κ3) is 6.35. The van der Waals surface area contributed by atoms with Crippen molar-refractivity contribution >= 4 is 52.4 Å². The molecule has 0 fully saturated rings. The summed E-state index contributed by atoms with van der Waals surface area (Å²) in [4.78, 5) is 18.0. The Morgan fingerprint density at radius 3 is 1.97 bits per heavy atom. The number of para-hydroxylation sites is 2. The van der Waals surface area contributed by atoms with E-state index in [1.165, 1.54) is 0 Å². The molecule has 4 aromatic rings. The van der Waals surface area contributed by atoms with Crippen LogP contribution in [0, 0.1) is 0 Å². The van der Waals surface area contributed by atoms with Crippen LogP contribution in [0.15, 0.2) is 83.3 Å². The molecule has 8 nitrogen and oxygen atoms in total. The Kier molecular flexibility index (Phi) is 7.54. The number of phosphoric acid groups is 1. The molecule has 0 spiro atoms. The molecule has 0 atom stereocenters. The number of phosphoric ester groups is 1. The number of hydrogen-bond donors (Lipinski definition) is 0. The lowest BCUT2D eigenvalue weighted by atomic mass is 10.2. The predicted octanol–water partition coefficient (Wildman–Crippen LogP) is 8.07. The maximum atomic E-state index is 14.0. The first-order chi connectivity index (χ1) is 17.0. The van der Waals surface area contributed by atoms with Gasteiger partial charge in [0, 0.05) is 10.4 Å². The summed E-state index contributed by atoms with van der Waals surface area (Å²) in [5, 5.41) is 0.945. The fourth-order valence-corrected chi connectivity index (χ4v) is 5.17. The summed E-state index contributed by atoms with van der Waals surface area (Å²) in [6.07, 6.45) is -1.01. The Bertz CT molecular complexity index is 1380. The Balaban J connectivity index is 1.79. The van der Waals surface area contributed by atoms with Crippen LogP contribution in [0.4, 0.5) is 4.79 Å². The zero-order valence-corrected chi connectivity index (χ0v) is 22.8. The van der Waals surface area contributed by atoms with E-state index in [1.54, 1.807) is 99.6 Å². The van der Waals surface area contributed by atoms with Crippen molar-refractivity contribution in [1.29, 1.82) is 0 Å². The lowest BCUT2D eigenvalue weighted by Gasteiger charge is -2.21. The molecular weight excluding hydrogens is 573 g/mol. The number of benzene rings is 3.